The number of rotatable bonds is 0. The molecule has 0 radical (unpaired) electrons. The van der Waals surface area contributed by atoms with Gasteiger partial charge in [0.05, 0.1) is 5.76 Å². The van der Waals surface area contributed by atoms with Crippen LogP contribution in [0.15, 0.2) is 23.5 Å². The Bertz CT molecular complexity index is 488. The van der Waals surface area contributed by atoms with Crippen LogP contribution in [0.5, 0.6) is 0 Å². The first-order chi connectivity index (χ1) is 9.53. The molecule has 0 spiro atoms. The van der Waals surface area contributed by atoms with E-state index in [4.69, 9.17) is 0 Å². The van der Waals surface area contributed by atoms with Crippen LogP contribution in [0.25, 0.3) is 0 Å². The summed E-state index contributed by atoms with van der Waals surface area (Å²) in [5, 5.41) is 9.87. The van der Waals surface area contributed by atoms with Gasteiger partial charge in [0.25, 0.3) is 0 Å². The molecule has 4 aliphatic rings. The molecule has 0 heterocycles. The second-order valence-corrected chi connectivity index (χ2v) is 8.41. The Morgan fingerprint density at radius 1 is 1.10 bits per heavy atom. The smallest absolute Gasteiger partial charge is 0.0925 e. The van der Waals surface area contributed by atoms with Crippen molar-refractivity contribution in [3.05, 3.63) is 23.5 Å². The lowest BCUT2D eigenvalue weighted by Crippen LogP contribution is -2.47. The maximum Gasteiger partial charge on any atom is 0.0925 e. The average Bonchev–Trinajstić information content (AvgIpc) is 2.81. The Morgan fingerprint density at radius 2 is 1.95 bits per heavy atom. The molecule has 4 rings (SSSR count). The van der Waals surface area contributed by atoms with Gasteiger partial charge in [0.1, 0.15) is 0 Å². The maximum atomic E-state index is 9.87. The lowest BCUT2D eigenvalue weighted by molar-refractivity contribution is -0.0197. The fourth-order valence-electron chi connectivity index (χ4n) is 6.30. The third-order valence-corrected chi connectivity index (χ3v) is 7.53. The predicted molar refractivity (Wildman–Crippen MR) is 82.4 cm³/mol. The van der Waals surface area contributed by atoms with Gasteiger partial charge in [0, 0.05) is 6.42 Å². The van der Waals surface area contributed by atoms with Crippen molar-refractivity contribution in [2.24, 2.45) is 28.6 Å². The summed E-state index contributed by atoms with van der Waals surface area (Å²) in [6, 6.07) is 0. The van der Waals surface area contributed by atoms with E-state index in [2.05, 4.69) is 26.0 Å². The number of aliphatic hydroxyl groups is 1. The van der Waals surface area contributed by atoms with E-state index >= 15 is 0 Å². The van der Waals surface area contributed by atoms with E-state index in [1.54, 1.807) is 0 Å². The summed E-state index contributed by atoms with van der Waals surface area (Å²) in [6.07, 6.45) is 15.1. The first kappa shape index (κ1) is 13.0. The first-order valence-electron chi connectivity index (χ1n) is 8.63. The van der Waals surface area contributed by atoms with Crippen molar-refractivity contribution in [3.8, 4) is 0 Å². The van der Waals surface area contributed by atoms with Gasteiger partial charge < -0.3 is 5.11 Å². The molecule has 0 aromatic rings. The monoisotopic (exact) mass is 272 g/mol. The van der Waals surface area contributed by atoms with Gasteiger partial charge in [0.15, 0.2) is 0 Å². The van der Waals surface area contributed by atoms with E-state index in [1.165, 1.54) is 44.1 Å². The number of hydrogen-bond donors (Lipinski definition) is 1. The zero-order chi connectivity index (χ0) is 14.0. The third-order valence-electron chi connectivity index (χ3n) is 7.53. The van der Waals surface area contributed by atoms with Crippen LogP contribution in [0.4, 0.5) is 0 Å². The second-order valence-electron chi connectivity index (χ2n) is 8.41. The molecule has 0 aromatic carbocycles. The summed E-state index contributed by atoms with van der Waals surface area (Å²) in [4.78, 5) is 0. The lowest BCUT2D eigenvalue weighted by atomic mass is 9.49. The summed E-state index contributed by atoms with van der Waals surface area (Å²) < 4.78 is 0. The highest BCUT2D eigenvalue weighted by atomic mass is 16.3. The van der Waals surface area contributed by atoms with Gasteiger partial charge in [-0.15, -0.1) is 0 Å². The molecule has 0 bridgehead atoms. The standard InChI is InChI=1S/C19H28O/c1-18-9-3-4-16(18)15-6-5-13-12-14(20)7-11-19(13,2)17(15)8-10-18/h5,12,15-17,20H,3-4,6-11H2,1-2H3/t15-,16-,17-,18-,19-/m0/s1. The molecule has 0 aliphatic heterocycles. The molecule has 0 unspecified atom stereocenters. The van der Waals surface area contributed by atoms with E-state index < -0.39 is 0 Å². The molecule has 0 aromatic heterocycles. The van der Waals surface area contributed by atoms with Crippen LogP contribution >= 0.6 is 0 Å². The Morgan fingerprint density at radius 3 is 2.80 bits per heavy atom. The highest BCUT2D eigenvalue weighted by Crippen LogP contribution is 2.64. The molecule has 2 fully saturated rings. The van der Waals surface area contributed by atoms with Crippen LogP contribution in [-0.4, -0.2) is 5.11 Å². The molecule has 1 nitrogen and oxygen atoms in total. The largest absolute Gasteiger partial charge is 0.512 e. The van der Waals surface area contributed by atoms with Gasteiger partial charge in [-0.3, -0.25) is 0 Å². The normalized spacial score (nSPS) is 50.6. The minimum atomic E-state index is 0.346. The Hall–Kier alpha value is -0.720. The van der Waals surface area contributed by atoms with Gasteiger partial charge in [-0.1, -0.05) is 26.3 Å². The summed E-state index contributed by atoms with van der Waals surface area (Å²) in [5.74, 6) is 3.35. The zero-order valence-corrected chi connectivity index (χ0v) is 13.0. The van der Waals surface area contributed by atoms with Crippen molar-refractivity contribution < 1.29 is 5.11 Å². The number of allylic oxidation sites excluding steroid dienone is 4. The molecule has 2 saturated carbocycles. The quantitative estimate of drug-likeness (QED) is 0.626. The Labute approximate surface area is 123 Å². The van der Waals surface area contributed by atoms with Crippen LogP contribution in [0.3, 0.4) is 0 Å². The number of hydrogen-bond acceptors (Lipinski definition) is 1. The van der Waals surface area contributed by atoms with Gasteiger partial charge in [-0.2, -0.15) is 0 Å². The predicted octanol–water partition coefficient (Wildman–Crippen LogP) is 5.39. The van der Waals surface area contributed by atoms with E-state index in [1.807, 2.05) is 0 Å². The van der Waals surface area contributed by atoms with E-state index in [-0.39, 0.29) is 0 Å². The van der Waals surface area contributed by atoms with Crippen LogP contribution < -0.4 is 0 Å². The zero-order valence-electron chi connectivity index (χ0n) is 13.0. The van der Waals surface area contributed by atoms with Crippen LogP contribution in [0, 0.1) is 28.6 Å². The van der Waals surface area contributed by atoms with Crippen molar-refractivity contribution in [3.63, 3.8) is 0 Å². The average molecular weight is 272 g/mol. The van der Waals surface area contributed by atoms with E-state index in [0.717, 1.165) is 30.6 Å². The SMILES string of the molecule is C[C@@]12CCC[C@H]1[C@@H]1CC=C3C=C(O)CC[C@]3(C)[C@H]1CC2. The second kappa shape index (κ2) is 4.15. The van der Waals surface area contributed by atoms with Gasteiger partial charge >= 0.3 is 0 Å². The fourth-order valence-corrected chi connectivity index (χ4v) is 6.30. The number of aliphatic hydroxyl groups excluding tert-OH is 1. The highest BCUT2D eigenvalue weighted by molar-refractivity contribution is 5.35. The van der Waals surface area contributed by atoms with Crippen LogP contribution in [0.2, 0.25) is 0 Å². The molecule has 0 amide bonds. The Balaban J connectivity index is 1.72. The van der Waals surface area contributed by atoms with Crippen molar-refractivity contribution >= 4 is 0 Å². The van der Waals surface area contributed by atoms with Crippen LogP contribution in [-0.2, 0) is 0 Å². The minimum Gasteiger partial charge on any atom is -0.512 e. The third kappa shape index (κ3) is 1.61. The molecule has 0 saturated heterocycles. The van der Waals surface area contributed by atoms with Crippen molar-refractivity contribution in [1.29, 1.82) is 0 Å². The molecule has 4 aliphatic carbocycles. The van der Waals surface area contributed by atoms with E-state index in [9.17, 15) is 5.11 Å². The first-order valence-corrected chi connectivity index (χ1v) is 8.63. The topological polar surface area (TPSA) is 20.2 Å². The summed E-state index contributed by atoms with van der Waals surface area (Å²) in [7, 11) is 0. The molecule has 20 heavy (non-hydrogen) atoms. The van der Waals surface area contributed by atoms with Crippen molar-refractivity contribution in [2.45, 2.75) is 65.2 Å². The summed E-state index contributed by atoms with van der Waals surface area (Å²) in [6.45, 7) is 5.05. The van der Waals surface area contributed by atoms with Crippen LogP contribution in [0.1, 0.15) is 65.2 Å². The summed E-state index contributed by atoms with van der Waals surface area (Å²) in [5.41, 5.74) is 2.44. The molecular weight excluding hydrogens is 244 g/mol. The minimum absolute atomic E-state index is 0.346. The van der Waals surface area contributed by atoms with Crippen molar-refractivity contribution in [1.82, 2.24) is 0 Å². The Kier molecular flexibility index (Phi) is 2.69. The fraction of sp³-hybridized carbons (Fsp3) is 0.789. The maximum absolute atomic E-state index is 9.87. The molecular formula is C19H28O. The highest BCUT2D eigenvalue weighted by Gasteiger charge is 2.55. The van der Waals surface area contributed by atoms with Gasteiger partial charge in [0.2, 0.25) is 0 Å². The van der Waals surface area contributed by atoms with Gasteiger partial charge in [-0.05, 0) is 78.8 Å². The van der Waals surface area contributed by atoms with Gasteiger partial charge in [-0.25, -0.2) is 0 Å². The molecule has 1 N–H and O–H groups in total. The lowest BCUT2D eigenvalue weighted by Gasteiger charge is -2.56. The van der Waals surface area contributed by atoms with Crippen molar-refractivity contribution in [2.75, 3.05) is 0 Å². The number of fused-ring (bicyclic) bond motifs is 5. The molecule has 5 atom stereocenters. The van der Waals surface area contributed by atoms with E-state index in [0.29, 0.717) is 16.6 Å². The molecule has 110 valence electrons. The summed E-state index contributed by atoms with van der Waals surface area (Å²) >= 11 is 0. The molecule has 1 heteroatoms.